The number of ether oxygens (including phenoxy) is 2. The van der Waals surface area contributed by atoms with Gasteiger partial charge < -0.3 is 19.7 Å². The summed E-state index contributed by atoms with van der Waals surface area (Å²) in [6, 6.07) is 0. The van der Waals surface area contributed by atoms with Crippen molar-refractivity contribution >= 4 is 35.9 Å². The van der Waals surface area contributed by atoms with E-state index in [1.165, 1.54) is 7.11 Å². The average Bonchev–Trinajstić information content (AvgIpc) is 3.10. The highest BCUT2D eigenvalue weighted by atomic mass is 127. The van der Waals surface area contributed by atoms with Crippen LogP contribution in [0.5, 0.6) is 0 Å². The van der Waals surface area contributed by atoms with Gasteiger partial charge in [0.2, 0.25) is 0 Å². The first kappa shape index (κ1) is 23.7. The second-order valence-corrected chi connectivity index (χ2v) is 6.38. The number of aliphatic imine (C=N–C) groups is 1. The fourth-order valence-corrected chi connectivity index (χ4v) is 2.92. The zero-order valence-corrected chi connectivity index (χ0v) is 18.8. The number of halogens is 1. The molecular weight excluding hydrogens is 461 g/mol. The maximum absolute atomic E-state index is 11.1. The van der Waals surface area contributed by atoms with Gasteiger partial charge in [-0.05, 0) is 19.8 Å². The molecule has 1 unspecified atom stereocenters. The standard InChI is InChI=1S/C18H31N5O3.HI/c1-4-19-18(20-9-7-5-6-8-17(24)25-3)23-10-11-26-16(14-23)15-12-21-22(2)13-15;/h12-13,16H,4-11,14H2,1-3H3,(H,19,20);1H. The molecule has 0 radical (unpaired) electrons. The van der Waals surface area contributed by atoms with Crippen LogP contribution < -0.4 is 5.32 Å². The summed E-state index contributed by atoms with van der Waals surface area (Å²) >= 11 is 0. The number of aryl methyl sites for hydroxylation is 1. The lowest BCUT2D eigenvalue weighted by atomic mass is 10.1. The highest BCUT2D eigenvalue weighted by molar-refractivity contribution is 14.0. The summed E-state index contributed by atoms with van der Waals surface area (Å²) in [7, 11) is 3.34. The van der Waals surface area contributed by atoms with Crippen LogP contribution in [0.25, 0.3) is 0 Å². The molecule has 0 aromatic carbocycles. The third-order valence-corrected chi connectivity index (χ3v) is 4.33. The van der Waals surface area contributed by atoms with Crippen LogP contribution in [0.15, 0.2) is 17.4 Å². The second kappa shape index (κ2) is 12.9. The predicted octanol–water partition coefficient (Wildman–Crippen LogP) is 2.11. The van der Waals surface area contributed by atoms with E-state index in [1.54, 1.807) is 4.68 Å². The van der Waals surface area contributed by atoms with Gasteiger partial charge >= 0.3 is 5.97 Å². The maximum atomic E-state index is 11.1. The minimum atomic E-state index is -0.142. The summed E-state index contributed by atoms with van der Waals surface area (Å²) in [6.07, 6.45) is 7.14. The zero-order chi connectivity index (χ0) is 18.8. The first-order chi connectivity index (χ1) is 12.6. The molecule has 9 heteroatoms. The molecule has 0 amide bonds. The lowest BCUT2D eigenvalue weighted by Gasteiger charge is -2.34. The van der Waals surface area contributed by atoms with Crippen LogP contribution in [0.4, 0.5) is 0 Å². The van der Waals surface area contributed by atoms with Gasteiger partial charge in [-0.2, -0.15) is 5.10 Å². The van der Waals surface area contributed by atoms with Gasteiger partial charge in [0.05, 0.1) is 26.5 Å². The number of hydrogen-bond donors (Lipinski definition) is 1. The Bertz CT molecular complexity index is 593. The van der Waals surface area contributed by atoms with Crippen molar-refractivity contribution in [2.24, 2.45) is 12.0 Å². The largest absolute Gasteiger partial charge is 0.469 e. The molecule has 2 rings (SSSR count). The molecule has 154 valence electrons. The van der Waals surface area contributed by atoms with E-state index < -0.39 is 0 Å². The third-order valence-electron chi connectivity index (χ3n) is 4.33. The molecular formula is C18H32IN5O3. The minimum Gasteiger partial charge on any atom is -0.469 e. The van der Waals surface area contributed by atoms with Crippen LogP contribution >= 0.6 is 24.0 Å². The van der Waals surface area contributed by atoms with Crippen molar-refractivity contribution in [1.29, 1.82) is 0 Å². The number of morpholine rings is 1. The summed E-state index contributed by atoms with van der Waals surface area (Å²) < 4.78 is 12.4. The van der Waals surface area contributed by atoms with Crippen molar-refractivity contribution in [3.8, 4) is 0 Å². The molecule has 0 bridgehead atoms. The first-order valence-electron chi connectivity index (χ1n) is 9.34. The summed E-state index contributed by atoms with van der Waals surface area (Å²) in [6.45, 7) is 5.91. The molecule has 0 spiro atoms. The Kier molecular flexibility index (Phi) is 11.3. The monoisotopic (exact) mass is 493 g/mol. The van der Waals surface area contributed by atoms with Gasteiger partial charge in [-0.15, -0.1) is 24.0 Å². The Morgan fingerprint density at radius 1 is 1.44 bits per heavy atom. The molecule has 1 aromatic rings. The molecule has 1 aliphatic heterocycles. The van der Waals surface area contributed by atoms with Gasteiger partial charge in [0.25, 0.3) is 0 Å². The topological polar surface area (TPSA) is 81.0 Å². The summed E-state index contributed by atoms with van der Waals surface area (Å²) in [5.41, 5.74) is 1.09. The van der Waals surface area contributed by atoms with E-state index >= 15 is 0 Å². The van der Waals surface area contributed by atoms with Crippen molar-refractivity contribution in [2.45, 2.75) is 38.7 Å². The zero-order valence-electron chi connectivity index (χ0n) is 16.5. The van der Waals surface area contributed by atoms with Gasteiger partial charge in [-0.3, -0.25) is 14.5 Å². The molecule has 0 aliphatic carbocycles. The lowest BCUT2D eigenvalue weighted by molar-refractivity contribution is -0.140. The van der Waals surface area contributed by atoms with Crippen LogP contribution in [-0.4, -0.2) is 66.5 Å². The van der Waals surface area contributed by atoms with E-state index in [2.05, 4.69) is 27.0 Å². The number of carbonyl (C=O) groups is 1. The number of carbonyl (C=O) groups excluding carboxylic acids is 1. The number of nitrogens with one attached hydrogen (secondary N) is 1. The average molecular weight is 493 g/mol. The molecule has 1 atom stereocenters. The lowest BCUT2D eigenvalue weighted by Crippen LogP contribution is -2.48. The van der Waals surface area contributed by atoms with Crippen molar-refractivity contribution in [2.75, 3.05) is 39.9 Å². The number of nitrogens with zero attached hydrogens (tertiary/aromatic N) is 4. The molecule has 1 saturated heterocycles. The van der Waals surface area contributed by atoms with E-state index in [1.807, 2.05) is 19.4 Å². The number of aromatic nitrogens is 2. The Morgan fingerprint density at radius 2 is 2.26 bits per heavy atom. The Balaban J connectivity index is 0.00000364. The maximum Gasteiger partial charge on any atom is 0.305 e. The summed E-state index contributed by atoms with van der Waals surface area (Å²) in [4.78, 5) is 18.1. The molecule has 1 aromatic heterocycles. The smallest absolute Gasteiger partial charge is 0.305 e. The van der Waals surface area contributed by atoms with Gasteiger partial charge in [0.15, 0.2) is 5.96 Å². The van der Waals surface area contributed by atoms with Crippen LogP contribution in [0.1, 0.15) is 44.3 Å². The van der Waals surface area contributed by atoms with E-state index in [0.717, 1.165) is 57.0 Å². The van der Waals surface area contributed by atoms with Crippen LogP contribution in [-0.2, 0) is 21.3 Å². The second-order valence-electron chi connectivity index (χ2n) is 6.38. The number of rotatable bonds is 8. The molecule has 27 heavy (non-hydrogen) atoms. The minimum absolute atomic E-state index is 0. The SMILES string of the molecule is CCNC(=NCCCCCC(=O)OC)N1CCOC(c2cnn(C)c2)C1.I. The molecule has 8 nitrogen and oxygen atoms in total. The van der Waals surface area contributed by atoms with E-state index in [-0.39, 0.29) is 36.0 Å². The third kappa shape index (κ3) is 8.04. The Hall–Kier alpha value is -1.36. The number of hydrogen-bond acceptors (Lipinski definition) is 5. The molecule has 2 heterocycles. The molecule has 0 saturated carbocycles. The number of esters is 1. The highest BCUT2D eigenvalue weighted by Gasteiger charge is 2.25. The van der Waals surface area contributed by atoms with Crippen LogP contribution in [0, 0.1) is 0 Å². The number of guanidine groups is 1. The molecule has 1 fully saturated rings. The fraction of sp³-hybridized carbons (Fsp3) is 0.722. The normalized spacial score (nSPS) is 17.4. The fourth-order valence-electron chi connectivity index (χ4n) is 2.92. The van der Waals surface area contributed by atoms with Crippen LogP contribution in [0.2, 0.25) is 0 Å². The van der Waals surface area contributed by atoms with Gasteiger partial charge in [0.1, 0.15) is 6.10 Å². The summed E-state index contributed by atoms with van der Waals surface area (Å²) in [5.74, 6) is 0.786. The van der Waals surface area contributed by atoms with E-state index in [0.29, 0.717) is 13.0 Å². The highest BCUT2D eigenvalue weighted by Crippen LogP contribution is 2.21. The van der Waals surface area contributed by atoms with Crippen LogP contribution in [0.3, 0.4) is 0 Å². The Morgan fingerprint density at radius 3 is 2.93 bits per heavy atom. The van der Waals surface area contributed by atoms with Crippen molar-refractivity contribution in [3.63, 3.8) is 0 Å². The summed E-state index contributed by atoms with van der Waals surface area (Å²) in [5, 5.41) is 7.61. The van der Waals surface area contributed by atoms with E-state index in [9.17, 15) is 4.79 Å². The van der Waals surface area contributed by atoms with Crippen molar-refractivity contribution in [1.82, 2.24) is 20.0 Å². The van der Waals surface area contributed by atoms with Gasteiger partial charge in [0, 0.05) is 44.9 Å². The van der Waals surface area contributed by atoms with Crippen molar-refractivity contribution < 1.29 is 14.3 Å². The van der Waals surface area contributed by atoms with E-state index in [4.69, 9.17) is 9.73 Å². The molecule has 1 aliphatic rings. The number of methoxy groups -OCH3 is 1. The number of unbranched alkanes of at least 4 members (excludes halogenated alkanes) is 2. The Labute approximate surface area is 178 Å². The molecule has 1 N–H and O–H groups in total. The van der Waals surface area contributed by atoms with Gasteiger partial charge in [-0.25, -0.2) is 0 Å². The van der Waals surface area contributed by atoms with Crippen molar-refractivity contribution in [3.05, 3.63) is 18.0 Å². The van der Waals surface area contributed by atoms with Gasteiger partial charge in [-0.1, -0.05) is 6.42 Å². The predicted molar refractivity (Wildman–Crippen MR) is 115 cm³/mol. The quantitative estimate of drug-likeness (QED) is 0.197. The first-order valence-corrected chi connectivity index (χ1v) is 9.34.